The standard InChI is InChI=1S/C27H32N6O4/c1-2-36-22-10-3-4-11-23(22)37-18-7-6-14-33(17-18)25-16-28-15-24(31-25)32-27-29-13-12-21(30-27)19-8-5-9-20(19)26(34)35/h3-4,10-13,15-16,18-20H,2,5-9,14,17H2,1H3,(H,34,35)(H,29,30,31,32)/t18-,19?,20-/m1/s1. The second-order valence-electron chi connectivity index (χ2n) is 9.38. The van der Waals surface area contributed by atoms with Crippen molar-refractivity contribution in [3.05, 3.63) is 54.6 Å². The first-order valence-corrected chi connectivity index (χ1v) is 12.9. The van der Waals surface area contributed by atoms with Crippen molar-refractivity contribution in [2.45, 2.75) is 51.0 Å². The number of nitrogens with one attached hydrogen (secondary N) is 1. The van der Waals surface area contributed by atoms with Crippen LogP contribution < -0.4 is 19.7 Å². The van der Waals surface area contributed by atoms with Crippen molar-refractivity contribution in [1.29, 1.82) is 0 Å². The number of carbonyl (C=O) groups is 1. The minimum absolute atomic E-state index is 0.00220. The highest BCUT2D eigenvalue weighted by Gasteiger charge is 2.35. The van der Waals surface area contributed by atoms with Crippen LogP contribution in [0.15, 0.2) is 48.9 Å². The molecule has 0 radical (unpaired) electrons. The summed E-state index contributed by atoms with van der Waals surface area (Å²) < 4.78 is 12.0. The molecule has 2 fully saturated rings. The average Bonchev–Trinajstić information content (AvgIpc) is 3.41. The summed E-state index contributed by atoms with van der Waals surface area (Å²) in [5.41, 5.74) is 0.745. The topological polar surface area (TPSA) is 123 Å². The Labute approximate surface area is 216 Å². The van der Waals surface area contributed by atoms with Crippen LogP contribution in [0.25, 0.3) is 0 Å². The normalized spacial score (nSPS) is 21.4. The highest BCUT2D eigenvalue weighted by atomic mass is 16.5. The molecule has 1 unspecified atom stereocenters. The van der Waals surface area contributed by atoms with Gasteiger partial charge in [-0.15, -0.1) is 0 Å². The largest absolute Gasteiger partial charge is 0.490 e. The predicted molar refractivity (Wildman–Crippen MR) is 139 cm³/mol. The fourth-order valence-electron chi connectivity index (χ4n) is 5.18. The van der Waals surface area contributed by atoms with Gasteiger partial charge in [-0.05, 0) is 50.8 Å². The van der Waals surface area contributed by atoms with Crippen LogP contribution in [0.3, 0.4) is 0 Å². The van der Waals surface area contributed by atoms with Gasteiger partial charge < -0.3 is 24.8 Å². The van der Waals surface area contributed by atoms with Gasteiger partial charge in [-0.3, -0.25) is 9.78 Å². The van der Waals surface area contributed by atoms with Crippen molar-refractivity contribution >= 4 is 23.6 Å². The summed E-state index contributed by atoms with van der Waals surface area (Å²) in [6, 6.07) is 9.55. The molecular weight excluding hydrogens is 472 g/mol. The molecule has 3 heterocycles. The number of ether oxygens (including phenoxy) is 2. The molecule has 2 aliphatic rings. The lowest BCUT2D eigenvalue weighted by Crippen LogP contribution is -2.41. The van der Waals surface area contributed by atoms with Crippen LogP contribution in [0.4, 0.5) is 17.6 Å². The monoisotopic (exact) mass is 504 g/mol. The summed E-state index contributed by atoms with van der Waals surface area (Å²) in [4.78, 5) is 31.8. The highest BCUT2D eigenvalue weighted by Crippen LogP contribution is 2.39. The summed E-state index contributed by atoms with van der Waals surface area (Å²) >= 11 is 0. The first-order chi connectivity index (χ1) is 18.1. The van der Waals surface area contributed by atoms with E-state index in [1.54, 1.807) is 24.7 Å². The average molecular weight is 505 g/mol. The van der Waals surface area contributed by atoms with Gasteiger partial charge in [0.05, 0.1) is 31.5 Å². The fourth-order valence-corrected chi connectivity index (χ4v) is 5.18. The molecular formula is C27H32N6O4. The van der Waals surface area contributed by atoms with Gasteiger partial charge in [-0.2, -0.15) is 0 Å². The third-order valence-electron chi connectivity index (χ3n) is 6.90. The summed E-state index contributed by atoms with van der Waals surface area (Å²) in [6.07, 6.45) is 9.33. The molecule has 0 spiro atoms. The van der Waals surface area contributed by atoms with Crippen molar-refractivity contribution < 1.29 is 19.4 Å². The van der Waals surface area contributed by atoms with Gasteiger partial charge in [0.15, 0.2) is 17.3 Å². The Kier molecular flexibility index (Phi) is 7.62. The molecule has 3 atom stereocenters. The van der Waals surface area contributed by atoms with E-state index in [1.807, 2.05) is 31.2 Å². The zero-order valence-corrected chi connectivity index (χ0v) is 20.9. The van der Waals surface area contributed by atoms with Crippen molar-refractivity contribution in [3.8, 4) is 11.5 Å². The summed E-state index contributed by atoms with van der Waals surface area (Å²) in [5.74, 6) is 1.89. The molecule has 1 aromatic carbocycles. The molecule has 5 rings (SSSR count). The SMILES string of the molecule is CCOc1ccccc1O[C@@H]1CCCN(c2cncc(Nc3nccc(C4CCC[C@H]4C(=O)O)n3)n2)C1. The summed E-state index contributed by atoms with van der Waals surface area (Å²) in [7, 11) is 0. The minimum atomic E-state index is -0.764. The third kappa shape index (κ3) is 5.90. The first kappa shape index (κ1) is 24.7. The van der Waals surface area contributed by atoms with Crippen molar-refractivity contribution in [3.63, 3.8) is 0 Å². The van der Waals surface area contributed by atoms with Gasteiger partial charge in [0.1, 0.15) is 11.9 Å². The van der Waals surface area contributed by atoms with E-state index in [1.165, 1.54) is 0 Å². The Balaban J connectivity index is 1.26. The molecule has 1 aliphatic carbocycles. The first-order valence-electron chi connectivity index (χ1n) is 12.9. The van der Waals surface area contributed by atoms with Crippen LogP contribution in [0.2, 0.25) is 0 Å². The second-order valence-corrected chi connectivity index (χ2v) is 9.38. The summed E-state index contributed by atoms with van der Waals surface area (Å²) in [5, 5.41) is 12.7. The Hall–Kier alpha value is -3.95. The zero-order valence-electron chi connectivity index (χ0n) is 20.9. The fraction of sp³-hybridized carbons (Fsp3) is 0.444. The maximum atomic E-state index is 11.6. The number of aliphatic carboxylic acids is 1. The molecule has 0 amide bonds. The number of hydrogen-bond donors (Lipinski definition) is 2. The van der Waals surface area contributed by atoms with Crippen LogP contribution in [0.1, 0.15) is 50.6 Å². The number of para-hydroxylation sites is 2. The maximum Gasteiger partial charge on any atom is 0.307 e. The number of rotatable bonds is 9. The molecule has 194 valence electrons. The Morgan fingerprint density at radius 2 is 1.97 bits per heavy atom. The van der Waals surface area contributed by atoms with Crippen molar-refractivity contribution in [2.24, 2.45) is 5.92 Å². The number of carboxylic acids is 1. The van der Waals surface area contributed by atoms with Gasteiger partial charge in [-0.1, -0.05) is 18.6 Å². The molecule has 10 heteroatoms. The molecule has 2 N–H and O–H groups in total. The van der Waals surface area contributed by atoms with E-state index in [-0.39, 0.29) is 12.0 Å². The molecule has 0 bridgehead atoms. The zero-order chi connectivity index (χ0) is 25.6. The molecule has 2 aromatic heterocycles. The lowest BCUT2D eigenvalue weighted by atomic mass is 9.93. The van der Waals surface area contributed by atoms with Crippen LogP contribution in [-0.2, 0) is 4.79 Å². The van der Waals surface area contributed by atoms with Crippen molar-refractivity contribution in [1.82, 2.24) is 19.9 Å². The van der Waals surface area contributed by atoms with E-state index in [9.17, 15) is 9.90 Å². The number of hydrogen-bond acceptors (Lipinski definition) is 9. The van der Waals surface area contributed by atoms with Gasteiger partial charge >= 0.3 is 5.97 Å². The van der Waals surface area contributed by atoms with Gasteiger partial charge in [-0.25, -0.2) is 15.0 Å². The molecule has 37 heavy (non-hydrogen) atoms. The number of benzene rings is 1. The van der Waals surface area contributed by atoms with Gasteiger partial charge in [0, 0.05) is 24.4 Å². The van der Waals surface area contributed by atoms with E-state index in [2.05, 4.69) is 25.2 Å². The van der Waals surface area contributed by atoms with E-state index in [0.29, 0.717) is 31.3 Å². The lowest BCUT2D eigenvalue weighted by molar-refractivity contribution is -0.142. The Morgan fingerprint density at radius 1 is 1.11 bits per heavy atom. The lowest BCUT2D eigenvalue weighted by Gasteiger charge is -2.33. The Morgan fingerprint density at radius 3 is 2.81 bits per heavy atom. The highest BCUT2D eigenvalue weighted by molar-refractivity contribution is 5.71. The number of aromatic nitrogens is 4. The molecule has 10 nitrogen and oxygen atoms in total. The number of piperidine rings is 1. The number of nitrogens with zero attached hydrogens (tertiary/aromatic N) is 5. The van der Waals surface area contributed by atoms with Crippen LogP contribution in [0, 0.1) is 5.92 Å². The predicted octanol–water partition coefficient (Wildman–Crippen LogP) is 4.43. The van der Waals surface area contributed by atoms with Crippen LogP contribution in [-0.4, -0.2) is 56.8 Å². The van der Waals surface area contributed by atoms with E-state index >= 15 is 0 Å². The van der Waals surface area contributed by atoms with Gasteiger partial charge in [0.25, 0.3) is 0 Å². The smallest absolute Gasteiger partial charge is 0.307 e. The maximum absolute atomic E-state index is 11.6. The molecule has 1 saturated carbocycles. The molecule has 1 aliphatic heterocycles. The molecule has 3 aromatic rings. The number of carboxylic acid groups (broad SMARTS) is 1. The van der Waals surface area contributed by atoms with Crippen molar-refractivity contribution in [2.75, 3.05) is 29.9 Å². The van der Waals surface area contributed by atoms with E-state index in [0.717, 1.165) is 55.2 Å². The Bertz CT molecular complexity index is 1220. The van der Waals surface area contributed by atoms with Crippen LogP contribution >= 0.6 is 0 Å². The van der Waals surface area contributed by atoms with Crippen LogP contribution in [0.5, 0.6) is 11.5 Å². The summed E-state index contributed by atoms with van der Waals surface area (Å²) in [6.45, 7) is 4.08. The second kappa shape index (κ2) is 11.4. The number of anilines is 3. The minimum Gasteiger partial charge on any atom is -0.490 e. The van der Waals surface area contributed by atoms with E-state index in [4.69, 9.17) is 14.5 Å². The third-order valence-corrected chi connectivity index (χ3v) is 6.90. The van der Waals surface area contributed by atoms with Gasteiger partial charge in [0.2, 0.25) is 5.95 Å². The quantitative estimate of drug-likeness (QED) is 0.433. The van der Waals surface area contributed by atoms with E-state index < -0.39 is 11.9 Å². The molecule has 1 saturated heterocycles.